The van der Waals surface area contributed by atoms with Gasteiger partial charge >= 0.3 is 0 Å². The van der Waals surface area contributed by atoms with Crippen LogP contribution in [0.15, 0.2) is 30.3 Å². The Morgan fingerprint density at radius 1 is 1.25 bits per heavy atom. The molecule has 3 N–H and O–H groups in total. The van der Waals surface area contributed by atoms with Gasteiger partial charge in [0.1, 0.15) is 0 Å². The minimum Gasteiger partial charge on any atom is -0.340 e. The van der Waals surface area contributed by atoms with Gasteiger partial charge in [-0.3, -0.25) is 4.79 Å². The molecule has 20 heavy (non-hydrogen) atoms. The van der Waals surface area contributed by atoms with E-state index in [4.69, 9.17) is 5.73 Å². The van der Waals surface area contributed by atoms with Gasteiger partial charge in [-0.15, -0.1) is 0 Å². The Labute approximate surface area is 121 Å². The maximum absolute atomic E-state index is 12.2. The van der Waals surface area contributed by atoms with E-state index in [1.165, 1.54) is 5.56 Å². The molecule has 2 rings (SSSR count). The van der Waals surface area contributed by atoms with Crippen molar-refractivity contribution in [1.82, 2.24) is 10.2 Å². The molecule has 1 aliphatic rings. The molecule has 1 unspecified atom stereocenters. The molecule has 0 aliphatic carbocycles. The number of nitrogens with zero attached hydrogens (tertiary/aromatic N) is 1. The molecule has 0 saturated carbocycles. The summed E-state index contributed by atoms with van der Waals surface area (Å²) in [4.78, 5) is 14.2. The molecule has 0 radical (unpaired) electrons. The van der Waals surface area contributed by atoms with Gasteiger partial charge < -0.3 is 16.0 Å². The summed E-state index contributed by atoms with van der Waals surface area (Å²) in [5.74, 6) is 0.282. The molecule has 1 fully saturated rings. The summed E-state index contributed by atoms with van der Waals surface area (Å²) in [6.45, 7) is 3.19. The molecule has 0 aromatic heterocycles. The second-order valence-corrected chi connectivity index (χ2v) is 5.36. The molecule has 1 heterocycles. The quantitative estimate of drug-likeness (QED) is 0.777. The lowest BCUT2D eigenvalue weighted by Gasteiger charge is -2.34. The third-order valence-corrected chi connectivity index (χ3v) is 3.82. The number of rotatable bonds is 6. The predicted molar refractivity (Wildman–Crippen MR) is 81.3 cm³/mol. The summed E-state index contributed by atoms with van der Waals surface area (Å²) >= 11 is 0. The van der Waals surface area contributed by atoms with Gasteiger partial charge in [-0.1, -0.05) is 36.8 Å². The van der Waals surface area contributed by atoms with Crippen LogP contribution in [0.25, 0.3) is 0 Å². The average molecular weight is 275 g/mol. The average Bonchev–Trinajstić information content (AvgIpc) is 2.52. The van der Waals surface area contributed by atoms with Crippen molar-refractivity contribution >= 4 is 5.91 Å². The van der Waals surface area contributed by atoms with E-state index in [-0.39, 0.29) is 11.9 Å². The number of carbonyl (C=O) groups is 1. The van der Waals surface area contributed by atoms with Crippen LogP contribution in [0.4, 0.5) is 0 Å². The first-order valence-electron chi connectivity index (χ1n) is 7.57. The van der Waals surface area contributed by atoms with Gasteiger partial charge in [0, 0.05) is 32.1 Å². The second kappa shape index (κ2) is 8.02. The fraction of sp³-hybridized carbons (Fsp3) is 0.562. The number of hydrogen-bond donors (Lipinski definition) is 2. The van der Waals surface area contributed by atoms with Gasteiger partial charge in [-0.05, 0) is 24.9 Å². The van der Waals surface area contributed by atoms with Crippen molar-refractivity contribution in [1.29, 1.82) is 0 Å². The molecular weight excluding hydrogens is 250 g/mol. The first-order chi connectivity index (χ1) is 9.81. The van der Waals surface area contributed by atoms with Crippen molar-refractivity contribution in [2.75, 3.05) is 26.2 Å². The fourth-order valence-electron chi connectivity index (χ4n) is 2.64. The number of nitrogens with two attached hydrogens (primary N) is 1. The molecule has 4 nitrogen and oxygen atoms in total. The van der Waals surface area contributed by atoms with Crippen molar-refractivity contribution in [2.24, 2.45) is 5.73 Å². The topological polar surface area (TPSA) is 58.4 Å². The third kappa shape index (κ3) is 4.32. The Balaban J connectivity index is 1.82. The van der Waals surface area contributed by atoms with Crippen LogP contribution in [0, 0.1) is 0 Å². The SMILES string of the molecule is NCCCCCC(=O)N1CCNC(c2ccccc2)C1. The van der Waals surface area contributed by atoms with Crippen LogP contribution in [0.5, 0.6) is 0 Å². The van der Waals surface area contributed by atoms with Crippen LogP contribution in [-0.2, 0) is 4.79 Å². The highest BCUT2D eigenvalue weighted by Crippen LogP contribution is 2.17. The summed E-state index contributed by atoms with van der Waals surface area (Å²) in [7, 11) is 0. The predicted octanol–water partition coefficient (Wildman–Crippen LogP) is 1.68. The normalized spacial score (nSPS) is 19.1. The van der Waals surface area contributed by atoms with E-state index in [0.29, 0.717) is 6.42 Å². The van der Waals surface area contributed by atoms with Crippen molar-refractivity contribution in [2.45, 2.75) is 31.7 Å². The zero-order valence-electron chi connectivity index (χ0n) is 12.1. The monoisotopic (exact) mass is 275 g/mol. The smallest absolute Gasteiger partial charge is 0.222 e. The minimum absolute atomic E-state index is 0.262. The largest absolute Gasteiger partial charge is 0.340 e. The molecule has 0 spiro atoms. The third-order valence-electron chi connectivity index (χ3n) is 3.82. The lowest BCUT2D eigenvalue weighted by molar-refractivity contribution is -0.132. The molecule has 1 aromatic carbocycles. The zero-order valence-corrected chi connectivity index (χ0v) is 12.1. The molecule has 1 amide bonds. The van der Waals surface area contributed by atoms with Gasteiger partial charge in [0.15, 0.2) is 0 Å². The Kier molecular flexibility index (Phi) is 6.02. The second-order valence-electron chi connectivity index (χ2n) is 5.36. The van der Waals surface area contributed by atoms with Crippen LogP contribution >= 0.6 is 0 Å². The molecule has 1 saturated heterocycles. The highest BCUT2D eigenvalue weighted by atomic mass is 16.2. The van der Waals surface area contributed by atoms with Crippen LogP contribution in [0.1, 0.15) is 37.3 Å². The number of unbranched alkanes of at least 4 members (excludes halogenated alkanes) is 2. The molecular formula is C16H25N3O. The molecule has 1 aromatic rings. The number of nitrogens with one attached hydrogen (secondary N) is 1. The van der Waals surface area contributed by atoms with Gasteiger partial charge in [0.25, 0.3) is 0 Å². The Morgan fingerprint density at radius 3 is 2.80 bits per heavy atom. The summed E-state index contributed by atoms with van der Waals surface area (Å²) in [6.07, 6.45) is 3.68. The Hall–Kier alpha value is -1.39. The summed E-state index contributed by atoms with van der Waals surface area (Å²) < 4.78 is 0. The highest BCUT2D eigenvalue weighted by Gasteiger charge is 2.23. The molecule has 0 bridgehead atoms. The zero-order chi connectivity index (χ0) is 14.2. The summed E-state index contributed by atoms with van der Waals surface area (Å²) in [5.41, 5.74) is 6.72. The summed E-state index contributed by atoms with van der Waals surface area (Å²) in [6, 6.07) is 10.6. The van der Waals surface area contributed by atoms with E-state index < -0.39 is 0 Å². The number of benzene rings is 1. The van der Waals surface area contributed by atoms with E-state index in [2.05, 4.69) is 17.4 Å². The van der Waals surface area contributed by atoms with E-state index in [1.54, 1.807) is 0 Å². The standard InChI is InChI=1S/C16H25N3O/c17-10-6-2-5-9-16(20)19-12-11-18-15(13-19)14-7-3-1-4-8-14/h1,3-4,7-8,15,18H,2,5-6,9-13,17H2. The lowest BCUT2D eigenvalue weighted by Crippen LogP contribution is -2.48. The number of carbonyl (C=O) groups excluding carboxylic acids is 1. The van der Waals surface area contributed by atoms with E-state index in [0.717, 1.165) is 45.4 Å². The van der Waals surface area contributed by atoms with Gasteiger partial charge in [0.05, 0.1) is 0 Å². The molecule has 110 valence electrons. The molecule has 1 atom stereocenters. The van der Waals surface area contributed by atoms with Crippen molar-refractivity contribution in [3.63, 3.8) is 0 Å². The first kappa shape index (κ1) is 15.0. The van der Waals surface area contributed by atoms with Crippen molar-refractivity contribution in [3.8, 4) is 0 Å². The summed E-state index contributed by atoms with van der Waals surface area (Å²) in [5, 5.41) is 3.49. The van der Waals surface area contributed by atoms with Gasteiger partial charge in [-0.2, -0.15) is 0 Å². The Morgan fingerprint density at radius 2 is 2.05 bits per heavy atom. The number of piperazine rings is 1. The number of amides is 1. The Bertz CT molecular complexity index is 407. The van der Waals surface area contributed by atoms with Gasteiger partial charge in [0.2, 0.25) is 5.91 Å². The van der Waals surface area contributed by atoms with Crippen molar-refractivity contribution in [3.05, 3.63) is 35.9 Å². The van der Waals surface area contributed by atoms with Crippen LogP contribution in [-0.4, -0.2) is 37.0 Å². The molecule has 4 heteroatoms. The van der Waals surface area contributed by atoms with Gasteiger partial charge in [-0.25, -0.2) is 0 Å². The van der Waals surface area contributed by atoms with Crippen molar-refractivity contribution < 1.29 is 4.79 Å². The van der Waals surface area contributed by atoms with Crippen LogP contribution in [0.3, 0.4) is 0 Å². The van der Waals surface area contributed by atoms with Crippen LogP contribution < -0.4 is 11.1 Å². The first-order valence-corrected chi connectivity index (χ1v) is 7.57. The maximum atomic E-state index is 12.2. The minimum atomic E-state index is 0.262. The van der Waals surface area contributed by atoms with E-state index in [1.807, 2.05) is 23.1 Å². The maximum Gasteiger partial charge on any atom is 0.222 e. The highest BCUT2D eigenvalue weighted by molar-refractivity contribution is 5.76. The van der Waals surface area contributed by atoms with E-state index in [9.17, 15) is 4.79 Å². The molecule has 1 aliphatic heterocycles. The number of hydrogen-bond acceptors (Lipinski definition) is 3. The van der Waals surface area contributed by atoms with E-state index >= 15 is 0 Å². The fourth-order valence-corrected chi connectivity index (χ4v) is 2.64. The lowest BCUT2D eigenvalue weighted by atomic mass is 10.0. The van der Waals surface area contributed by atoms with Crippen LogP contribution in [0.2, 0.25) is 0 Å².